The van der Waals surface area contributed by atoms with E-state index < -0.39 is 62.7 Å². The number of ether oxygens (including phenoxy) is 1. The van der Waals surface area contributed by atoms with E-state index in [9.17, 15) is 37.3 Å². The van der Waals surface area contributed by atoms with Crippen molar-refractivity contribution in [1.29, 1.82) is 0 Å². The van der Waals surface area contributed by atoms with Crippen LogP contribution < -0.4 is 69.5 Å². The number of thiophene rings is 1. The number of esters is 1. The van der Waals surface area contributed by atoms with Crippen molar-refractivity contribution < 1.29 is 101 Å². The van der Waals surface area contributed by atoms with Crippen LogP contribution in [0.4, 0.5) is 0 Å². The Hall–Kier alpha value is -1.00. The summed E-state index contributed by atoms with van der Waals surface area (Å²) in [6, 6.07) is 2.18. The molecular weight excluding hydrogens is 655 g/mol. The van der Waals surface area contributed by atoms with E-state index in [1.165, 1.54) is 23.1 Å². The van der Waals surface area contributed by atoms with Gasteiger partial charge in [-0.1, -0.05) is 17.8 Å². The molecule has 2 aliphatic rings. The number of aliphatic carboxylic acids is 1. The maximum absolute atomic E-state index is 13.2. The molecule has 0 aliphatic carbocycles. The summed E-state index contributed by atoms with van der Waals surface area (Å²) in [6.45, 7) is 4.99. The number of carboxylic acids is 1. The van der Waals surface area contributed by atoms with Crippen molar-refractivity contribution >= 4 is 68.7 Å². The Morgan fingerprint density at radius 2 is 1.98 bits per heavy atom. The number of carbonyl (C=O) groups is 4. The van der Waals surface area contributed by atoms with Gasteiger partial charge in [-0.3, -0.25) is 19.3 Å². The van der Waals surface area contributed by atoms with Crippen LogP contribution in [0.3, 0.4) is 0 Å². The third-order valence-corrected chi connectivity index (χ3v) is 9.31. The number of hydrogen-bond donors (Lipinski definition) is 1. The van der Waals surface area contributed by atoms with Crippen LogP contribution in [0.2, 0.25) is 0 Å². The number of aromatic nitrogens is 4. The molecule has 1 fully saturated rings. The van der Waals surface area contributed by atoms with E-state index in [0.29, 0.717) is 4.88 Å². The van der Waals surface area contributed by atoms with Crippen LogP contribution in [0.5, 0.6) is 0 Å². The molecule has 0 aromatic carbocycles. The van der Waals surface area contributed by atoms with Gasteiger partial charge in [0.25, 0.3) is 5.91 Å². The summed E-state index contributed by atoms with van der Waals surface area (Å²) in [5.74, 6) is -6.12. The summed E-state index contributed by atoms with van der Waals surface area (Å²) in [7, 11) is -4.68. The van der Waals surface area contributed by atoms with Gasteiger partial charge in [0.05, 0.1) is 11.7 Å². The van der Waals surface area contributed by atoms with Gasteiger partial charge in [0.15, 0.2) is 5.92 Å². The average Bonchev–Trinajstić information content (AvgIpc) is 3.50. The number of hydrogen-bond acceptors (Lipinski definition) is 15. The normalized spacial score (nSPS) is 19.0. The smallest absolute Gasteiger partial charge is 0.747 e. The van der Waals surface area contributed by atoms with Crippen molar-refractivity contribution in [2.24, 2.45) is 0 Å². The van der Waals surface area contributed by atoms with Crippen LogP contribution in [-0.2, 0) is 39.9 Å². The molecule has 21 heteroatoms. The molecule has 216 valence electrons. The Balaban J connectivity index is 0.00000308. The Kier molecular flexibility index (Phi) is 13.2. The van der Waals surface area contributed by atoms with Crippen LogP contribution in [0.1, 0.15) is 31.6 Å². The second-order valence-corrected chi connectivity index (χ2v) is 14.0. The van der Waals surface area contributed by atoms with Gasteiger partial charge in [-0.25, -0.2) is 13.1 Å². The Morgan fingerprint density at radius 3 is 2.55 bits per heavy atom. The van der Waals surface area contributed by atoms with E-state index in [1.807, 2.05) is 0 Å². The van der Waals surface area contributed by atoms with E-state index in [4.69, 9.17) is 4.74 Å². The SMILES string of the molecule is CC(C)(C)OC(=O)C(C(=O)NC1C(=O)N2C(C(=O)[O-])=C(CSc3nnnn3CS(=O)(=O)[O-])CS[C@H]12)c1cccs1.[Na+].[Na+]. The van der Waals surface area contributed by atoms with Gasteiger partial charge >= 0.3 is 65.1 Å². The standard InChI is InChI=1S/C21H24N6O9S4.2Na/c1-21(2,3)36-19(32)12(11-5-4-6-37-11)15(28)22-13-16(29)27-14(18(30)31)10(7-38-17(13)27)8-39-20-23-24-25-26(20)9-40(33,34)35;;/h4-6,12-13,17H,7-9H2,1-3H3,(H,22,28)(H,30,31)(H,33,34,35);;/q;2*+1/p-2/t12?,13?,17-;;/m1../s1. The second kappa shape index (κ2) is 14.9. The minimum atomic E-state index is -4.68. The van der Waals surface area contributed by atoms with E-state index in [-0.39, 0.29) is 87.0 Å². The Morgan fingerprint density at radius 1 is 1.29 bits per heavy atom. The fraction of sp³-hybridized carbons (Fsp3) is 0.476. The molecule has 2 amide bonds. The van der Waals surface area contributed by atoms with Crippen LogP contribution in [0.15, 0.2) is 33.9 Å². The first-order valence-corrected chi connectivity index (χ1v) is 15.9. The van der Waals surface area contributed by atoms with Gasteiger partial charge < -0.3 is 24.5 Å². The largest absolute Gasteiger partial charge is 1.00 e. The molecule has 42 heavy (non-hydrogen) atoms. The topological polar surface area (TPSA) is 217 Å². The summed E-state index contributed by atoms with van der Waals surface area (Å²) < 4.78 is 39.3. The molecule has 3 atom stereocenters. The molecular formula is C21H22N6Na2O9S4. The van der Waals surface area contributed by atoms with Crippen molar-refractivity contribution in [3.05, 3.63) is 33.7 Å². The molecule has 2 aromatic rings. The molecule has 0 saturated carbocycles. The number of tetrazole rings is 1. The average molecular weight is 677 g/mol. The Labute approximate surface area is 297 Å². The third-order valence-electron chi connectivity index (χ3n) is 5.43. The molecule has 4 rings (SSSR count). The number of β-lactam (4-membered cyclic amide) rings is 1. The number of carbonyl (C=O) groups excluding carboxylic acids is 4. The first-order chi connectivity index (χ1) is 18.7. The van der Waals surface area contributed by atoms with Crippen LogP contribution in [0.25, 0.3) is 0 Å². The maximum atomic E-state index is 13.2. The molecule has 2 aromatic heterocycles. The first-order valence-electron chi connectivity index (χ1n) is 11.4. The molecule has 15 nitrogen and oxygen atoms in total. The number of carboxylic acid groups (broad SMARTS) is 1. The summed E-state index contributed by atoms with van der Waals surface area (Å²) in [4.78, 5) is 52.6. The third kappa shape index (κ3) is 8.80. The predicted octanol–water partition coefficient (Wildman–Crippen LogP) is -7.13. The van der Waals surface area contributed by atoms with Crippen molar-refractivity contribution in [2.75, 3.05) is 11.5 Å². The van der Waals surface area contributed by atoms with Crippen molar-refractivity contribution in [1.82, 2.24) is 30.4 Å². The molecule has 0 radical (unpaired) electrons. The van der Waals surface area contributed by atoms with Crippen molar-refractivity contribution in [2.45, 2.75) is 54.7 Å². The minimum Gasteiger partial charge on any atom is -0.747 e. The van der Waals surface area contributed by atoms with Gasteiger partial charge in [-0.15, -0.1) is 28.2 Å². The number of nitrogens with zero attached hydrogens (tertiary/aromatic N) is 5. The fourth-order valence-electron chi connectivity index (χ4n) is 3.87. The maximum Gasteiger partial charge on any atom is 1.00 e. The van der Waals surface area contributed by atoms with Gasteiger partial charge in [-0.2, -0.15) is 0 Å². The van der Waals surface area contributed by atoms with Gasteiger partial charge in [0.1, 0.15) is 33.0 Å². The monoisotopic (exact) mass is 676 g/mol. The molecule has 2 aliphatic heterocycles. The van der Waals surface area contributed by atoms with Crippen LogP contribution >= 0.6 is 34.9 Å². The van der Waals surface area contributed by atoms with Crippen molar-refractivity contribution in [3.8, 4) is 0 Å². The molecule has 2 unspecified atom stereocenters. The first kappa shape index (κ1) is 37.2. The molecule has 0 bridgehead atoms. The molecule has 1 N–H and O–H groups in total. The summed E-state index contributed by atoms with van der Waals surface area (Å²) >= 11 is 3.24. The number of rotatable bonds is 10. The van der Waals surface area contributed by atoms with Gasteiger partial charge in [0, 0.05) is 16.4 Å². The molecule has 0 spiro atoms. The van der Waals surface area contributed by atoms with E-state index in [2.05, 4.69) is 20.8 Å². The summed E-state index contributed by atoms with van der Waals surface area (Å²) in [6.07, 6.45) is 0. The summed E-state index contributed by atoms with van der Waals surface area (Å²) in [5, 5.41) is 25.9. The van der Waals surface area contributed by atoms with E-state index in [0.717, 1.165) is 21.3 Å². The summed E-state index contributed by atoms with van der Waals surface area (Å²) in [5.41, 5.74) is -0.970. The van der Waals surface area contributed by atoms with Crippen molar-refractivity contribution in [3.63, 3.8) is 0 Å². The number of nitrogens with one attached hydrogen (secondary N) is 1. The predicted molar refractivity (Wildman–Crippen MR) is 138 cm³/mol. The van der Waals surface area contributed by atoms with Gasteiger partial charge in [0.2, 0.25) is 11.1 Å². The zero-order valence-electron chi connectivity index (χ0n) is 23.1. The molecule has 4 heterocycles. The zero-order valence-corrected chi connectivity index (χ0v) is 30.4. The Bertz CT molecular complexity index is 1480. The van der Waals surface area contributed by atoms with Crippen LogP contribution in [0, 0.1) is 0 Å². The van der Waals surface area contributed by atoms with Crippen LogP contribution in [-0.4, -0.2) is 90.4 Å². The number of fused-ring (bicyclic) bond motifs is 1. The number of amides is 2. The zero-order chi connectivity index (χ0) is 29.4. The molecule has 1 saturated heterocycles. The second-order valence-electron chi connectivity index (χ2n) is 9.55. The fourth-order valence-corrected chi connectivity index (χ4v) is 7.60. The van der Waals surface area contributed by atoms with E-state index >= 15 is 0 Å². The quantitative estimate of drug-likeness (QED) is 0.0618. The minimum absolute atomic E-state index is 0. The van der Waals surface area contributed by atoms with Gasteiger partial charge in [-0.05, 0) is 48.2 Å². The number of thioether (sulfide) groups is 2. The van der Waals surface area contributed by atoms with E-state index in [1.54, 1.807) is 38.3 Å².